The van der Waals surface area contributed by atoms with E-state index in [1.165, 1.54) is 12.2 Å². The van der Waals surface area contributed by atoms with E-state index in [9.17, 15) is 9.18 Å². The SMILES string of the molecule is C\C(=C(F)/C=C/C(C)=C/C(=O)O)c1cc(-c2c(C)cccc2C)no1. The molecule has 0 atom stereocenters. The van der Waals surface area contributed by atoms with Crippen LogP contribution in [0.5, 0.6) is 0 Å². The van der Waals surface area contributed by atoms with Crippen molar-refractivity contribution in [3.8, 4) is 11.3 Å². The lowest BCUT2D eigenvalue weighted by atomic mass is 9.99. The van der Waals surface area contributed by atoms with Crippen LogP contribution in [-0.2, 0) is 4.79 Å². The molecule has 1 heterocycles. The van der Waals surface area contributed by atoms with Crippen molar-refractivity contribution >= 4 is 11.5 Å². The molecule has 0 aliphatic rings. The lowest BCUT2D eigenvalue weighted by Gasteiger charge is -2.04. The number of rotatable bonds is 5. The molecule has 25 heavy (non-hydrogen) atoms. The highest BCUT2D eigenvalue weighted by Crippen LogP contribution is 2.29. The summed E-state index contributed by atoms with van der Waals surface area (Å²) >= 11 is 0. The van der Waals surface area contributed by atoms with Crippen LogP contribution in [0.25, 0.3) is 16.8 Å². The average molecular weight is 341 g/mol. The summed E-state index contributed by atoms with van der Waals surface area (Å²) in [7, 11) is 0. The summed E-state index contributed by atoms with van der Waals surface area (Å²) in [5, 5.41) is 12.7. The Morgan fingerprint density at radius 1 is 1.20 bits per heavy atom. The third-order valence-corrected chi connectivity index (χ3v) is 3.82. The van der Waals surface area contributed by atoms with Gasteiger partial charge in [-0.05, 0) is 50.5 Å². The van der Waals surface area contributed by atoms with Gasteiger partial charge in [0.25, 0.3) is 0 Å². The minimum atomic E-state index is -1.07. The molecule has 0 unspecified atom stereocenters. The number of aryl methyl sites for hydroxylation is 2. The normalized spacial score (nSPS) is 13.2. The maximum atomic E-state index is 14.3. The number of nitrogens with zero attached hydrogens (tertiary/aromatic N) is 1. The fourth-order valence-electron chi connectivity index (χ4n) is 2.48. The van der Waals surface area contributed by atoms with Gasteiger partial charge in [0.05, 0.1) is 0 Å². The van der Waals surface area contributed by atoms with Crippen LogP contribution in [0.1, 0.15) is 30.7 Å². The maximum Gasteiger partial charge on any atom is 0.328 e. The van der Waals surface area contributed by atoms with Crippen LogP contribution in [0.4, 0.5) is 4.39 Å². The van der Waals surface area contributed by atoms with E-state index >= 15 is 0 Å². The van der Waals surface area contributed by atoms with E-state index in [0.29, 0.717) is 22.6 Å². The van der Waals surface area contributed by atoms with Gasteiger partial charge >= 0.3 is 5.97 Å². The Bertz CT molecular complexity index is 868. The molecule has 0 bridgehead atoms. The molecular formula is C20H20FNO3. The van der Waals surface area contributed by atoms with Crippen LogP contribution in [0, 0.1) is 13.8 Å². The number of aliphatic carboxylic acids is 1. The first kappa shape index (κ1) is 18.4. The molecule has 0 spiro atoms. The lowest BCUT2D eigenvalue weighted by Crippen LogP contribution is -1.88. The van der Waals surface area contributed by atoms with Gasteiger partial charge in [-0.25, -0.2) is 9.18 Å². The van der Waals surface area contributed by atoms with Gasteiger partial charge in [-0.3, -0.25) is 0 Å². The number of carbonyl (C=O) groups is 1. The monoisotopic (exact) mass is 341 g/mol. The Hall–Kier alpha value is -2.95. The summed E-state index contributed by atoms with van der Waals surface area (Å²) in [5.41, 5.74) is 4.49. The molecule has 0 fully saturated rings. The molecule has 0 saturated heterocycles. The second kappa shape index (κ2) is 7.75. The topological polar surface area (TPSA) is 63.3 Å². The summed E-state index contributed by atoms with van der Waals surface area (Å²) in [5.74, 6) is -1.25. The number of benzene rings is 1. The van der Waals surface area contributed by atoms with Crippen molar-refractivity contribution in [3.63, 3.8) is 0 Å². The minimum absolute atomic E-state index is 0.296. The first-order valence-corrected chi connectivity index (χ1v) is 7.79. The van der Waals surface area contributed by atoms with Crippen LogP contribution >= 0.6 is 0 Å². The van der Waals surface area contributed by atoms with Crippen molar-refractivity contribution in [1.82, 2.24) is 5.16 Å². The Morgan fingerprint density at radius 2 is 1.84 bits per heavy atom. The first-order chi connectivity index (χ1) is 11.8. The van der Waals surface area contributed by atoms with E-state index in [2.05, 4.69) is 5.16 Å². The quantitative estimate of drug-likeness (QED) is 0.596. The Kier molecular flexibility index (Phi) is 5.70. The van der Waals surface area contributed by atoms with E-state index in [1.54, 1.807) is 19.9 Å². The highest BCUT2D eigenvalue weighted by Gasteiger charge is 2.14. The van der Waals surface area contributed by atoms with Crippen molar-refractivity contribution < 1.29 is 18.8 Å². The van der Waals surface area contributed by atoms with Gasteiger partial charge in [0.1, 0.15) is 11.5 Å². The molecule has 2 rings (SSSR count). The molecule has 5 heteroatoms. The predicted molar refractivity (Wildman–Crippen MR) is 95.6 cm³/mol. The van der Waals surface area contributed by atoms with Gasteiger partial charge in [0, 0.05) is 23.3 Å². The van der Waals surface area contributed by atoms with Crippen molar-refractivity contribution in [2.75, 3.05) is 0 Å². The second-order valence-corrected chi connectivity index (χ2v) is 5.88. The fourth-order valence-corrected chi connectivity index (χ4v) is 2.48. The van der Waals surface area contributed by atoms with Gasteiger partial charge in [0.2, 0.25) is 0 Å². The third-order valence-electron chi connectivity index (χ3n) is 3.82. The number of hydrogen-bond acceptors (Lipinski definition) is 3. The zero-order valence-electron chi connectivity index (χ0n) is 14.6. The summed E-state index contributed by atoms with van der Waals surface area (Å²) < 4.78 is 19.6. The van der Waals surface area contributed by atoms with Crippen LogP contribution in [0.3, 0.4) is 0 Å². The van der Waals surface area contributed by atoms with Crippen LogP contribution in [0.15, 0.2) is 58.4 Å². The van der Waals surface area contributed by atoms with E-state index in [0.717, 1.165) is 22.8 Å². The lowest BCUT2D eigenvalue weighted by molar-refractivity contribution is -0.131. The molecule has 1 aromatic heterocycles. The van der Waals surface area contributed by atoms with Gasteiger partial charge in [-0.1, -0.05) is 29.4 Å². The van der Waals surface area contributed by atoms with Crippen LogP contribution in [0.2, 0.25) is 0 Å². The van der Waals surface area contributed by atoms with Crippen LogP contribution in [-0.4, -0.2) is 16.2 Å². The molecule has 130 valence electrons. The molecule has 2 aromatic rings. The fraction of sp³-hybridized carbons (Fsp3) is 0.200. The van der Waals surface area contributed by atoms with E-state index < -0.39 is 11.8 Å². The van der Waals surface area contributed by atoms with E-state index in [1.807, 2.05) is 32.0 Å². The zero-order chi connectivity index (χ0) is 18.6. The molecule has 0 saturated carbocycles. The number of aromatic nitrogens is 1. The molecule has 1 aromatic carbocycles. The summed E-state index contributed by atoms with van der Waals surface area (Å²) in [6.07, 6.45) is 3.62. The molecule has 0 aliphatic carbocycles. The van der Waals surface area contributed by atoms with Crippen molar-refractivity contribution in [2.24, 2.45) is 0 Å². The Labute approximate surface area is 146 Å². The number of carboxylic acids is 1. The summed E-state index contributed by atoms with van der Waals surface area (Å²) in [4.78, 5) is 10.6. The standard InChI is InChI=1S/C20H20FNO3/c1-12(10-19(23)24)8-9-16(21)15(4)18-11-17(22-25-18)20-13(2)6-5-7-14(20)3/h5-11H,1-4H3,(H,23,24)/b9-8+,12-10+,16-15-. The smallest absolute Gasteiger partial charge is 0.328 e. The van der Waals surface area contributed by atoms with E-state index in [4.69, 9.17) is 9.63 Å². The van der Waals surface area contributed by atoms with Crippen molar-refractivity contribution in [2.45, 2.75) is 27.7 Å². The largest absolute Gasteiger partial charge is 0.478 e. The summed E-state index contributed by atoms with van der Waals surface area (Å²) in [6, 6.07) is 7.65. The Balaban J connectivity index is 2.32. The molecule has 0 aliphatic heterocycles. The number of carboxylic acid groups (broad SMARTS) is 1. The maximum absolute atomic E-state index is 14.3. The average Bonchev–Trinajstić information content (AvgIpc) is 3.00. The van der Waals surface area contributed by atoms with E-state index in [-0.39, 0.29) is 0 Å². The zero-order valence-corrected chi connectivity index (χ0v) is 14.6. The predicted octanol–water partition coefficient (Wildman–Crippen LogP) is 5.25. The second-order valence-electron chi connectivity index (χ2n) is 5.88. The van der Waals surface area contributed by atoms with Crippen LogP contribution < -0.4 is 0 Å². The Morgan fingerprint density at radius 3 is 2.44 bits per heavy atom. The highest BCUT2D eigenvalue weighted by molar-refractivity contribution is 5.81. The molecular weight excluding hydrogens is 321 g/mol. The van der Waals surface area contributed by atoms with Gasteiger partial charge < -0.3 is 9.63 Å². The third kappa shape index (κ3) is 4.53. The summed E-state index contributed by atoms with van der Waals surface area (Å²) in [6.45, 7) is 7.15. The van der Waals surface area contributed by atoms with Gasteiger partial charge in [0.15, 0.2) is 5.76 Å². The first-order valence-electron chi connectivity index (χ1n) is 7.79. The highest BCUT2D eigenvalue weighted by atomic mass is 19.1. The van der Waals surface area contributed by atoms with Crippen molar-refractivity contribution in [1.29, 1.82) is 0 Å². The van der Waals surface area contributed by atoms with Crippen molar-refractivity contribution in [3.05, 3.63) is 70.8 Å². The molecule has 4 nitrogen and oxygen atoms in total. The van der Waals surface area contributed by atoms with Gasteiger partial charge in [-0.2, -0.15) is 0 Å². The molecule has 0 amide bonds. The number of hydrogen-bond donors (Lipinski definition) is 1. The molecule has 1 N–H and O–H groups in total. The number of halogens is 1. The molecule has 0 radical (unpaired) electrons. The minimum Gasteiger partial charge on any atom is -0.478 e. The van der Waals surface area contributed by atoms with Gasteiger partial charge in [-0.15, -0.1) is 0 Å². The number of allylic oxidation sites excluding steroid dienone is 5.